The van der Waals surface area contributed by atoms with Gasteiger partial charge in [0.2, 0.25) is 0 Å². The second kappa shape index (κ2) is 52.6. The van der Waals surface area contributed by atoms with Gasteiger partial charge in [-0.1, -0.05) is 72.8 Å². The predicted molar refractivity (Wildman–Crippen MR) is 311 cm³/mol. The normalized spacial score (nSPS) is 9.19. The molecule has 0 spiro atoms. The maximum Gasteiger partial charge on any atom is 3.00 e. The van der Waals surface area contributed by atoms with Crippen LogP contribution in [-0.4, -0.2) is 111 Å². The van der Waals surface area contributed by atoms with Crippen molar-refractivity contribution in [2.75, 3.05) is 0 Å². The van der Waals surface area contributed by atoms with Crippen molar-refractivity contribution in [2.24, 2.45) is 0 Å². The first kappa shape index (κ1) is 126. The van der Waals surface area contributed by atoms with E-state index in [0.29, 0.717) is 33.4 Å². The Morgan fingerprint density at radius 2 is 0.279 bits per heavy atom. The molecule has 86 heavy (non-hydrogen) atoms. The predicted octanol–water partition coefficient (Wildman–Crippen LogP) is 3.32. The molecule has 0 heterocycles. The average Bonchev–Trinajstić information content (AvgIpc) is 3.22. The van der Waals surface area contributed by atoms with Crippen molar-refractivity contribution in [2.45, 2.75) is 57.1 Å². The first-order valence-corrected chi connectivity index (χ1v) is 26.8. The van der Waals surface area contributed by atoms with Gasteiger partial charge in [0, 0.05) is 0 Å². The van der Waals surface area contributed by atoms with E-state index in [9.17, 15) is 87.4 Å². The number of carbonyl (C=O) groups excluding carboxylic acids is 2. The largest absolute Gasteiger partial charge is 3.00 e. The van der Waals surface area contributed by atoms with Gasteiger partial charge in [-0.2, -0.15) is 0 Å². The van der Waals surface area contributed by atoms with E-state index in [4.69, 9.17) is 0 Å². The molecule has 0 saturated carbocycles. The van der Waals surface area contributed by atoms with Crippen LogP contribution in [0, 0.1) is 0 Å². The van der Waals surface area contributed by atoms with Gasteiger partial charge in [-0.05, 0) is 134 Å². The molecule has 0 amide bonds. The molecule has 0 atom stereocenters. The van der Waals surface area contributed by atoms with Crippen LogP contribution in [0.3, 0.4) is 0 Å². The number of hydrogen-bond acceptors (Lipinski definition) is 32. The van der Waals surface area contributed by atoms with Crippen molar-refractivity contribution in [3.05, 3.63) is 146 Å². The fourth-order valence-corrected chi connectivity index (χ4v) is 7.70. The fraction of sp³-hybridized carbons (Fsp3) is 0.0952. The molecule has 0 aliphatic rings. The summed E-state index contributed by atoms with van der Waals surface area (Å²) in [5, 5.41) is 0. The summed E-state index contributed by atoms with van der Waals surface area (Å²) in [4.78, 5) is 16.8. The van der Waals surface area contributed by atoms with E-state index >= 15 is 0 Å². The molecule has 0 saturated heterocycles. The number of carbonyl (C=O) groups is 2. The SMILES string of the molecule is CC(C)=O.CC(C)=O.N.N.N.N.N.N.N.N.N.N.N.N.O.O.O.O.O=S(=O)([O-])c1ccc(-c2ccc(S(=O)(=O)[O-])cc2)cc1.O=S(=O)([O-])c1ccc(-c2ccc(S(=O)(=O)[O-])cc2)cc1.O=S(=O)([O-])c1ccc(-c2ccc(S(=O)(=O)[O-])cc2)cc1.[Co+3].[Co+3]. The Morgan fingerprint density at radius 3 is 0.326 bits per heavy atom. The van der Waals surface area contributed by atoms with Crippen molar-refractivity contribution >= 4 is 72.3 Å². The topological polar surface area (TPSA) is 923 Å². The van der Waals surface area contributed by atoms with Gasteiger partial charge in [-0.3, -0.25) is 0 Å². The molecule has 0 aromatic heterocycles. The quantitative estimate of drug-likeness (QED) is 0.0924. The molecular formula is C42H80Co2N12O24S6. The van der Waals surface area contributed by atoms with Gasteiger partial charge in [0.1, 0.15) is 72.3 Å². The Hall–Kier alpha value is -5.51. The number of benzene rings is 6. The Labute approximate surface area is 521 Å². The third kappa shape index (κ3) is 44.9. The van der Waals surface area contributed by atoms with Crippen molar-refractivity contribution in [3.8, 4) is 33.4 Å². The van der Waals surface area contributed by atoms with Crippen LogP contribution >= 0.6 is 0 Å². The van der Waals surface area contributed by atoms with Crippen LogP contribution in [0.1, 0.15) is 27.7 Å². The van der Waals surface area contributed by atoms with Gasteiger partial charge in [0.15, 0.2) is 0 Å². The molecule has 0 bridgehead atoms. The molecule has 36 nitrogen and oxygen atoms in total. The van der Waals surface area contributed by atoms with E-state index in [2.05, 4.69) is 0 Å². The van der Waals surface area contributed by atoms with Crippen LogP contribution in [0.5, 0.6) is 0 Å². The summed E-state index contributed by atoms with van der Waals surface area (Å²) in [5.74, 6) is 0.333. The van der Waals surface area contributed by atoms with E-state index in [1.165, 1.54) is 100 Å². The summed E-state index contributed by atoms with van der Waals surface area (Å²) in [6.07, 6.45) is 0. The minimum Gasteiger partial charge on any atom is -0.744 e. The van der Waals surface area contributed by atoms with Crippen LogP contribution in [0.15, 0.2) is 175 Å². The molecule has 44 heteroatoms. The van der Waals surface area contributed by atoms with Crippen molar-refractivity contribution in [3.63, 3.8) is 0 Å². The molecule has 6 aromatic carbocycles. The molecule has 6 aromatic rings. The first-order valence-electron chi connectivity index (χ1n) is 18.3. The summed E-state index contributed by atoms with van der Waals surface area (Å²) >= 11 is 0. The van der Waals surface area contributed by atoms with Gasteiger partial charge >= 0.3 is 33.6 Å². The molecule has 0 aliphatic heterocycles. The van der Waals surface area contributed by atoms with E-state index < -0.39 is 60.7 Å². The van der Waals surface area contributed by atoms with Gasteiger partial charge in [-0.15, -0.1) is 0 Å². The third-order valence-corrected chi connectivity index (χ3v) is 13.0. The van der Waals surface area contributed by atoms with Gasteiger partial charge in [0.25, 0.3) is 0 Å². The monoisotopic (exact) mass is 1450 g/mol. The van der Waals surface area contributed by atoms with Gasteiger partial charge < -0.3 is 133 Å². The molecule has 44 N–H and O–H groups in total. The Morgan fingerprint density at radius 1 is 0.221 bits per heavy atom. The molecule has 506 valence electrons. The number of Topliss-reactive ketones (excluding diaryl/α,β-unsaturated/α-hetero) is 2. The molecule has 6 rings (SSSR count). The second-order valence-corrected chi connectivity index (χ2v) is 22.0. The average molecular weight is 1450 g/mol. The minimum absolute atomic E-state index is 0. The molecule has 0 unspecified atom stereocenters. The van der Waals surface area contributed by atoms with Crippen LogP contribution in [0.4, 0.5) is 0 Å². The van der Waals surface area contributed by atoms with Crippen molar-refractivity contribution in [1.29, 1.82) is 0 Å². The van der Waals surface area contributed by atoms with Gasteiger partial charge in [-0.25, -0.2) is 50.5 Å². The summed E-state index contributed by atoms with van der Waals surface area (Å²) < 4.78 is 194. The standard InChI is InChI=1S/3C12H10O6S2.2C3H6O.2Co.12H3N.4H2O/c3*13-19(14,15)11-5-1-9(2-6-11)10-3-7-12(8-4-10)20(16,17)18;2*1-3(2)4;;;;;;;;;;;;;;;;;;/h3*1-8H,(H,13,14,15)(H,16,17,18);2*1-2H3;;;12*1H3;4*1H2/q;;;;;2*+3;;;;;;;;;;;;;;;;/p-6. The Kier molecular flexibility index (Phi) is 77.2. The van der Waals surface area contributed by atoms with Crippen molar-refractivity contribution < 1.29 is 143 Å². The maximum absolute atomic E-state index is 10.8. The first-order chi connectivity index (χ1) is 31.0. The van der Waals surface area contributed by atoms with E-state index in [0.717, 1.165) is 72.8 Å². The number of ketones is 2. The zero-order chi connectivity index (χ0) is 52.1. The Bertz CT molecular complexity index is 2860. The van der Waals surface area contributed by atoms with Gasteiger partial charge in [0.05, 0.1) is 29.4 Å². The molecule has 0 radical (unpaired) electrons. The molecular weight excluding hydrogens is 1370 g/mol. The summed E-state index contributed by atoms with van der Waals surface area (Å²) in [6.45, 7) is 6.11. The molecule has 0 aliphatic carbocycles. The number of hydrogen-bond donors (Lipinski definition) is 12. The second-order valence-electron chi connectivity index (χ2n) is 13.7. The summed E-state index contributed by atoms with van der Waals surface area (Å²) in [6, 6.07) is 31.0. The maximum atomic E-state index is 10.8. The van der Waals surface area contributed by atoms with Crippen LogP contribution in [0.2, 0.25) is 0 Å². The summed E-state index contributed by atoms with van der Waals surface area (Å²) in [7, 11) is -27.0. The minimum atomic E-state index is -4.50. The zero-order valence-corrected chi connectivity index (χ0v) is 53.6. The van der Waals surface area contributed by atoms with E-state index in [1.807, 2.05) is 0 Å². The zero-order valence-electron chi connectivity index (χ0n) is 46.6. The smallest absolute Gasteiger partial charge is 0.744 e. The van der Waals surface area contributed by atoms with Crippen molar-refractivity contribution in [1.82, 2.24) is 73.8 Å². The fourth-order valence-electron chi connectivity index (χ4n) is 4.88. The van der Waals surface area contributed by atoms with Crippen LogP contribution < -0.4 is 73.8 Å². The van der Waals surface area contributed by atoms with Crippen LogP contribution in [-0.2, 0) is 104 Å². The van der Waals surface area contributed by atoms with E-state index in [-0.39, 0.29) is 170 Å². The van der Waals surface area contributed by atoms with E-state index in [1.54, 1.807) is 0 Å². The van der Waals surface area contributed by atoms with Crippen LogP contribution in [0.25, 0.3) is 33.4 Å². The summed E-state index contributed by atoms with van der Waals surface area (Å²) in [5.41, 5.74) is 3.54. The Balaban J connectivity index is -0.0000000473. The third-order valence-electron chi connectivity index (χ3n) is 7.86. The molecule has 0 fully saturated rings. The number of rotatable bonds is 9.